The van der Waals surface area contributed by atoms with Crippen LogP contribution in [0.25, 0.3) is 0 Å². The van der Waals surface area contributed by atoms with E-state index in [-0.39, 0.29) is 0 Å². The van der Waals surface area contributed by atoms with E-state index >= 15 is 0 Å². The maximum absolute atomic E-state index is 12.6. The molecule has 0 radical (unpaired) electrons. The van der Waals surface area contributed by atoms with E-state index in [9.17, 15) is 8.42 Å². The Morgan fingerprint density at radius 2 is 1.91 bits per heavy atom. The summed E-state index contributed by atoms with van der Waals surface area (Å²) in [6, 6.07) is 3.50. The van der Waals surface area contributed by atoms with E-state index < -0.39 is 10.0 Å². The molecule has 0 saturated carbocycles. The summed E-state index contributed by atoms with van der Waals surface area (Å²) in [6.07, 6.45) is 9.75. The van der Waals surface area contributed by atoms with Gasteiger partial charge in [0.05, 0.1) is 13.2 Å². The molecule has 1 aliphatic rings. The molecule has 1 aromatic rings. The van der Waals surface area contributed by atoms with Crippen LogP contribution in [0.15, 0.2) is 29.4 Å². The fourth-order valence-electron chi connectivity index (χ4n) is 2.62. The highest BCUT2D eigenvalue weighted by atomic mass is 32.2. The topological polar surface area (TPSA) is 50.5 Å². The van der Waals surface area contributed by atoms with Gasteiger partial charge in [-0.2, -0.15) is 4.31 Å². The van der Waals surface area contributed by atoms with Crippen LogP contribution in [0.3, 0.4) is 0 Å². The lowest BCUT2D eigenvalue weighted by Crippen LogP contribution is -2.42. The Bertz CT molecular complexity index is 554. The Labute approximate surface area is 134 Å². The molecule has 0 spiro atoms. The number of pyridine rings is 1. The molecule has 0 N–H and O–H groups in total. The Kier molecular flexibility index (Phi) is 6.79. The summed E-state index contributed by atoms with van der Waals surface area (Å²) in [5, 5.41) is 0. The number of ether oxygens (including phenoxy) is 1. The maximum Gasteiger partial charge on any atom is 0.249 e. The lowest BCUT2D eigenvalue weighted by atomic mass is 10.1. The smallest absolute Gasteiger partial charge is 0.249 e. The number of aryl methyl sites for hydroxylation is 1. The minimum atomic E-state index is -3.39. The van der Waals surface area contributed by atoms with Crippen molar-refractivity contribution in [2.75, 3.05) is 26.3 Å². The first-order valence-corrected chi connectivity index (χ1v) is 9.65. The summed E-state index contributed by atoms with van der Waals surface area (Å²) in [5.41, 5.74) is 0. The van der Waals surface area contributed by atoms with Gasteiger partial charge in [0, 0.05) is 25.6 Å². The minimum Gasteiger partial charge on any atom is -0.379 e. The van der Waals surface area contributed by atoms with Gasteiger partial charge >= 0.3 is 0 Å². The Morgan fingerprint density at radius 1 is 1.18 bits per heavy atom. The molecule has 1 aliphatic heterocycles. The summed E-state index contributed by atoms with van der Waals surface area (Å²) in [7, 11) is -3.39. The second-order valence-corrected chi connectivity index (χ2v) is 7.65. The first-order chi connectivity index (χ1) is 10.6. The summed E-state index contributed by atoms with van der Waals surface area (Å²) in [5.74, 6) is 0. The van der Waals surface area contributed by atoms with Crippen molar-refractivity contribution in [3.63, 3.8) is 0 Å². The minimum absolute atomic E-state index is 0.380. The van der Waals surface area contributed by atoms with Crippen molar-refractivity contribution >= 4 is 10.0 Å². The summed E-state index contributed by atoms with van der Waals surface area (Å²) in [6.45, 7) is 4.90. The highest BCUT2D eigenvalue weighted by molar-refractivity contribution is 7.89. The van der Waals surface area contributed by atoms with Crippen molar-refractivity contribution in [3.8, 4) is 0 Å². The Balaban J connectivity index is 1.98. The molecule has 0 aromatic carbocycles. The average Bonchev–Trinajstić information content (AvgIpc) is 2.56. The van der Waals surface area contributed by atoms with Crippen LogP contribution in [-0.2, 0) is 21.3 Å². The number of sulfonamides is 1. The first-order valence-electron chi connectivity index (χ1n) is 8.21. The fourth-order valence-corrected chi connectivity index (χ4v) is 4.07. The van der Waals surface area contributed by atoms with Gasteiger partial charge in [0.1, 0.15) is 11.4 Å². The van der Waals surface area contributed by atoms with E-state index in [1.165, 1.54) is 30.0 Å². The molecular formula is C16H27N2O3S+. The van der Waals surface area contributed by atoms with Crippen LogP contribution in [0.2, 0.25) is 0 Å². The third kappa shape index (κ3) is 4.76. The molecule has 0 bridgehead atoms. The largest absolute Gasteiger partial charge is 0.379 e. The van der Waals surface area contributed by atoms with Crippen LogP contribution >= 0.6 is 0 Å². The van der Waals surface area contributed by atoms with E-state index in [1.54, 1.807) is 12.3 Å². The zero-order chi connectivity index (χ0) is 15.8. The number of aromatic nitrogens is 1. The fraction of sp³-hybridized carbons (Fsp3) is 0.688. The summed E-state index contributed by atoms with van der Waals surface area (Å²) >= 11 is 0. The SMILES string of the molecule is CCCCCCC[n+]1cccc(S(=O)(=O)N2CCOCC2)c1. The standard InChI is InChI=1S/C16H27N2O3S/c1-2-3-4-5-6-9-17-10-7-8-16(15-17)22(19,20)18-11-13-21-14-12-18/h7-8,10,15H,2-6,9,11-14H2,1H3/q+1. The number of unbranched alkanes of at least 4 members (excludes halogenated alkanes) is 4. The third-order valence-electron chi connectivity index (χ3n) is 3.96. The van der Waals surface area contributed by atoms with Crippen molar-refractivity contribution < 1.29 is 17.7 Å². The molecule has 1 fully saturated rings. The van der Waals surface area contributed by atoms with Gasteiger partial charge in [-0.05, 0) is 12.5 Å². The number of rotatable bonds is 8. The molecule has 2 heterocycles. The van der Waals surface area contributed by atoms with Crippen molar-refractivity contribution in [2.24, 2.45) is 0 Å². The van der Waals surface area contributed by atoms with Crippen LogP contribution < -0.4 is 4.57 Å². The van der Waals surface area contributed by atoms with Gasteiger partial charge in [-0.15, -0.1) is 0 Å². The molecule has 22 heavy (non-hydrogen) atoms. The van der Waals surface area contributed by atoms with Gasteiger partial charge in [0.15, 0.2) is 12.4 Å². The first kappa shape index (κ1) is 17.4. The van der Waals surface area contributed by atoms with Crippen LogP contribution in [-0.4, -0.2) is 39.0 Å². The molecule has 1 saturated heterocycles. The quantitative estimate of drug-likeness (QED) is 0.542. The zero-order valence-corrected chi connectivity index (χ0v) is 14.2. The Hall–Kier alpha value is -0.980. The number of morpholine rings is 1. The number of hydrogen-bond donors (Lipinski definition) is 0. The predicted octanol–water partition coefficient (Wildman–Crippen LogP) is 1.97. The summed E-state index contributed by atoms with van der Waals surface area (Å²) < 4.78 is 33.9. The Morgan fingerprint density at radius 3 is 2.64 bits per heavy atom. The van der Waals surface area contributed by atoms with E-state index in [0.29, 0.717) is 31.2 Å². The predicted molar refractivity (Wildman–Crippen MR) is 85.0 cm³/mol. The van der Waals surface area contributed by atoms with Gasteiger partial charge in [0.2, 0.25) is 10.0 Å². The van der Waals surface area contributed by atoms with Crippen LogP contribution in [0.4, 0.5) is 0 Å². The lowest BCUT2D eigenvalue weighted by molar-refractivity contribution is -0.699. The second-order valence-electron chi connectivity index (χ2n) is 5.71. The number of nitrogens with zero attached hydrogens (tertiary/aromatic N) is 2. The molecule has 0 aliphatic carbocycles. The molecule has 5 nitrogen and oxygen atoms in total. The molecule has 124 valence electrons. The van der Waals surface area contributed by atoms with Crippen molar-refractivity contribution in [3.05, 3.63) is 24.5 Å². The lowest BCUT2D eigenvalue weighted by Gasteiger charge is -2.25. The second kappa shape index (κ2) is 8.60. The van der Waals surface area contributed by atoms with E-state index in [0.717, 1.165) is 13.0 Å². The molecule has 1 aromatic heterocycles. The molecule has 2 rings (SSSR count). The van der Waals surface area contributed by atoms with Gasteiger partial charge < -0.3 is 4.74 Å². The van der Waals surface area contributed by atoms with Gasteiger partial charge in [-0.3, -0.25) is 0 Å². The molecule has 0 amide bonds. The van der Waals surface area contributed by atoms with Crippen molar-refractivity contribution in [1.29, 1.82) is 0 Å². The third-order valence-corrected chi connectivity index (χ3v) is 5.84. The van der Waals surface area contributed by atoms with Gasteiger partial charge in [-0.25, -0.2) is 13.0 Å². The molecular weight excluding hydrogens is 300 g/mol. The summed E-state index contributed by atoms with van der Waals surface area (Å²) in [4.78, 5) is 0.380. The van der Waals surface area contributed by atoms with Crippen molar-refractivity contribution in [1.82, 2.24) is 4.31 Å². The van der Waals surface area contributed by atoms with Crippen LogP contribution in [0, 0.1) is 0 Å². The number of hydrogen-bond acceptors (Lipinski definition) is 3. The normalized spacial score (nSPS) is 16.8. The average molecular weight is 327 g/mol. The molecule has 0 unspecified atom stereocenters. The van der Waals surface area contributed by atoms with Crippen LogP contribution in [0.5, 0.6) is 0 Å². The monoisotopic (exact) mass is 327 g/mol. The highest BCUT2D eigenvalue weighted by Crippen LogP contribution is 2.15. The maximum atomic E-state index is 12.6. The molecule has 0 atom stereocenters. The van der Waals surface area contributed by atoms with Crippen molar-refractivity contribution in [2.45, 2.75) is 50.5 Å². The van der Waals surface area contributed by atoms with Crippen LogP contribution in [0.1, 0.15) is 39.0 Å². The zero-order valence-electron chi connectivity index (χ0n) is 13.4. The molecule has 6 heteroatoms. The van der Waals surface area contributed by atoms with E-state index in [1.807, 2.05) is 16.8 Å². The van der Waals surface area contributed by atoms with Gasteiger partial charge in [-0.1, -0.05) is 26.2 Å². The highest BCUT2D eigenvalue weighted by Gasteiger charge is 2.28. The van der Waals surface area contributed by atoms with E-state index in [2.05, 4.69) is 6.92 Å². The van der Waals surface area contributed by atoms with E-state index in [4.69, 9.17) is 4.74 Å². The van der Waals surface area contributed by atoms with Gasteiger partial charge in [0.25, 0.3) is 0 Å².